The lowest BCUT2D eigenvalue weighted by Crippen LogP contribution is -2.60. The van der Waals surface area contributed by atoms with Crippen molar-refractivity contribution in [1.29, 1.82) is 0 Å². The zero-order chi connectivity index (χ0) is 29.5. The zero-order valence-corrected chi connectivity index (χ0v) is 25.0. The number of rotatable bonds is 4. The zero-order valence-electron chi connectivity index (χ0n) is 24.2. The van der Waals surface area contributed by atoms with Crippen molar-refractivity contribution in [3.8, 4) is 11.1 Å². The van der Waals surface area contributed by atoms with E-state index in [2.05, 4.69) is 16.4 Å². The number of amides is 1. The Bertz CT molecular complexity index is 1700. The van der Waals surface area contributed by atoms with Crippen LogP contribution in [-0.2, 0) is 11.3 Å². The van der Waals surface area contributed by atoms with Crippen LogP contribution >= 0.6 is 11.8 Å². The van der Waals surface area contributed by atoms with Gasteiger partial charge in [-0.15, -0.1) is 11.8 Å². The van der Waals surface area contributed by atoms with Gasteiger partial charge in [-0.25, -0.2) is 13.6 Å². The highest BCUT2D eigenvalue weighted by Gasteiger charge is 2.50. The van der Waals surface area contributed by atoms with E-state index in [1.54, 1.807) is 16.7 Å². The maximum absolute atomic E-state index is 15.3. The summed E-state index contributed by atoms with van der Waals surface area (Å²) in [6.07, 6.45) is 3.81. The summed E-state index contributed by atoms with van der Waals surface area (Å²) in [4.78, 5) is 38.5. The summed E-state index contributed by atoms with van der Waals surface area (Å²) in [6, 6.07) is 6.18. The molecule has 2 atom stereocenters. The van der Waals surface area contributed by atoms with Crippen molar-refractivity contribution >= 4 is 34.4 Å². The van der Waals surface area contributed by atoms with Crippen molar-refractivity contribution in [2.75, 3.05) is 36.8 Å². The van der Waals surface area contributed by atoms with Gasteiger partial charge in [0, 0.05) is 89.5 Å². The molecule has 7 rings (SSSR count). The van der Waals surface area contributed by atoms with Crippen LogP contribution in [0.4, 0.5) is 14.6 Å². The molecule has 220 valence electrons. The van der Waals surface area contributed by atoms with Crippen molar-refractivity contribution in [1.82, 2.24) is 19.4 Å². The third-order valence-corrected chi connectivity index (χ3v) is 10.9. The molecular formula is C32H35F2N5O2S. The van der Waals surface area contributed by atoms with Gasteiger partial charge in [-0.2, -0.15) is 4.98 Å². The lowest BCUT2D eigenvalue weighted by molar-refractivity contribution is -0.128. The molecule has 4 aliphatic rings. The number of anilines is 1. The molecule has 42 heavy (non-hydrogen) atoms. The van der Waals surface area contributed by atoms with E-state index in [9.17, 15) is 14.0 Å². The Hall–Kier alpha value is -3.24. The molecule has 1 amide bonds. The van der Waals surface area contributed by atoms with E-state index in [0.29, 0.717) is 42.6 Å². The fourth-order valence-corrected chi connectivity index (χ4v) is 8.71. The number of benzene rings is 2. The molecule has 0 radical (unpaired) electrons. The van der Waals surface area contributed by atoms with Crippen LogP contribution in [-0.4, -0.2) is 75.3 Å². The molecular weight excluding hydrogens is 556 g/mol. The van der Waals surface area contributed by atoms with Gasteiger partial charge in [0.15, 0.2) is 0 Å². The van der Waals surface area contributed by atoms with Crippen LogP contribution in [0.15, 0.2) is 46.6 Å². The van der Waals surface area contributed by atoms with E-state index in [4.69, 9.17) is 4.98 Å². The molecule has 1 aromatic heterocycles. The van der Waals surface area contributed by atoms with E-state index in [1.807, 2.05) is 31.4 Å². The van der Waals surface area contributed by atoms with Gasteiger partial charge in [0.2, 0.25) is 5.91 Å². The Morgan fingerprint density at radius 3 is 2.57 bits per heavy atom. The fraction of sp³-hybridized carbons (Fsp3) is 0.469. The Balaban J connectivity index is 1.41. The van der Waals surface area contributed by atoms with Gasteiger partial charge in [-0.1, -0.05) is 6.58 Å². The van der Waals surface area contributed by atoms with Crippen LogP contribution < -0.4 is 10.6 Å². The molecule has 0 unspecified atom stereocenters. The molecule has 10 heteroatoms. The highest BCUT2D eigenvalue weighted by molar-refractivity contribution is 7.99. The summed E-state index contributed by atoms with van der Waals surface area (Å²) in [7, 11) is 0. The fourth-order valence-electron chi connectivity index (χ4n) is 7.21. The number of aromatic nitrogens is 2. The summed E-state index contributed by atoms with van der Waals surface area (Å²) in [6.45, 7) is 13.0. The van der Waals surface area contributed by atoms with Gasteiger partial charge in [-0.3, -0.25) is 14.3 Å². The third-order valence-electron chi connectivity index (χ3n) is 9.47. The number of carbonyl (C=O) groups is 1. The number of thioether (sulfide) groups is 1. The summed E-state index contributed by atoms with van der Waals surface area (Å²) in [5, 5.41) is 0.846. The average molecular weight is 592 g/mol. The van der Waals surface area contributed by atoms with Crippen LogP contribution in [0.25, 0.3) is 22.0 Å². The highest BCUT2D eigenvalue weighted by atomic mass is 32.2. The average Bonchev–Trinajstić information content (AvgIpc) is 3.78. The van der Waals surface area contributed by atoms with Crippen LogP contribution in [0.2, 0.25) is 0 Å². The van der Waals surface area contributed by atoms with Crippen molar-refractivity contribution < 1.29 is 13.6 Å². The smallest absolute Gasteiger partial charge is 0.349 e. The van der Waals surface area contributed by atoms with Crippen LogP contribution in [0.3, 0.4) is 0 Å². The molecule has 2 aromatic carbocycles. The number of hydrogen-bond donors (Lipinski definition) is 0. The molecule has 7 nitrogen and oxygen atoms in total. The Kier molecular flexibility index (Phi) is 6.51. The number of likely N-dealkylation sites (tertiary alicyclic amines) is 1. The van der Waals surface area contributed by atoms with E-state index in [1.165, 1.54) is 31.1 Å². The molecule has 3 fully saturated rings. The summed E-state index contributed by atoms with van der Waals surface area (Å²) < 4.78 is 31.1. The van der Waals surface area contributed by atoms with E-state index in [0.717, 1.165) is 46.3 Å². The number of aryl methyl sites for hydroxylation is 1. The molecule has 3 aliphatic heterocycles. The largest absolute Gasteiger partial charge is 0.350 e. The molecule has 0 N–H and O–H groups in total. The van der Waals surface area contributed by atoms with Crippen molar-refractivity contribution in [2.45, 2.75) is 63.2 Å². The number of hydrogen-bond acceptors (Lipinski definition) is 6. The Morgan fingerprint density at radius 2 is 1.88 bits per heavy atom. The number of nitrogens with zero attached hydrogens (tertiary/aromatic N) is 5. The van der Waals surface area contributed by atoms with Gasteiger partial charge in [0.05, 0.1) is 5.52 Å². The molecule has 3 aromatic rings. The van der Waals surface area contributed by atoms with Crippen LogP contribution in [0, 0.1) is 24.0 Å². The maximum Gasteiger partial charge on any atom is 0.350 e. The second-order valence-electron chi connectivity index (χ2n) is 12.7. The molecule has 1 saturated carbocycles. The summed E-state index contributed by atoms with van der Waals surface area (Å²) in [5.41, 5.74) is 2.26. The Labute approximate surface area is 248 Å². The summed E-state index contributed by atoms with van der Waals surface area (Å²) >= 11 is 1.68. The first-order valence-corrected chi connectivity index (χ1v) is 15.7. The van der Waals surface area contributed by atoms with Gasteiger partial charge in [0.25, 0.3) is 0 Å². The van der Waals surface area contributed by atoms with E-state index < -0.39 is 11.6 Å². The summed E-state index contributed by atoms with van der Waals surface area (Å²) in [5.74, 6) is 0.0422. The van der Waals surface area contributed by atoms with Gasteiger partial charge < -0.3 is 9.80 Å². The number of piperazine rings is 1. The van der Waals surface area contributed by atoms with Crippen LogP contribution in [0.1, 0.15) is 32.3 Å². The van der Waals surface area contributed by atoms with Crippen molar-refractivity contribution in [3.63, 3.8) is 0 Å². The standard InChI is InChI=1S/C32H35F2N5O2S/c1-5-26(40)37-12-20(4)38(13-19(37)3)30-24-10-18(2)27(23-9-6-21(33)11-25(23)34)29-28(24)39(31(41)35-30)16-32(17-42-29)14-36(15-32)22-7-8-22/h5-6,9-11,19-20,22H,1,7-8,12-17H2,2-4H3/t19-,20+/m1/s1. The second-order valence-corrected chi connectivity index (χ2v) is 13.7. The predicted octanol–water partition coefficient (Wildman–Crippen LogP) is 4.83. The topological polar surface area (TPSA) is 61.7 Å². The second kappa shape index (κ2) is 9.91. The minimum Gasteiger partial charge on any atom is -0.349 e. The molecule has 1 aliphatic carbocycles. The van der Waals surface area contributed by atoms with Crippen LogP contribution in [0.5, 0.6) is 0 Å². The predicted molar refractivity (Wildman–Crippen MR) is 162 cm³/mol. The maximum atomic E-state index is 15.3. The lowest BCUT2D eigenvalue weighted by atomic mass is 9.81. The van der Waals surface area contributed by atoms with Crippen molar-refractivity contribution in [3.05, 3.63) is 64.6 Å². The van der Waals surface area contributed by atoms with Gasteiger partial charge in [0.1, 0.15) is 17.5 Å². The molecule has 4 heterocycles. The molecule has 2 saturated heterocycles. The highest BCUT2D eigenvalue weighted by Crippen LogP contribution is 2.50. The lowest BCUT2D eigenvalue weighted by Gasteiger charge is -2.50. The third kappa shape index (κ3) is 4.37. The van der Waals surface area contributed by atoms with E-state index >= 15 is 4.39 Å². The monoisotopic (exact) mass is 591 g/mol. The quantitative estimate of drug-likeness (QED) is 0.405. The normalized spacial score (nSPS) is 23.6. The van der Waals surface area contributed by atoms with E-state index in [-0.39, 0.29) is 29.1 Å². The van der Waals surface area contributed by atoms with Gasteiger partial charge >= 0.3 is 5.69 Å². The first-order valence-electron chi connectivity index (χ1n) is 14.7. The SMILES string of the molecule is C=CC(=O)N1C[C@H](C)N(c2nc(=O)n3c4c(c(-c5ccc(F)cc5F)c(C)cc24)SCC2(CN(C4CC4)C2)C3)C[C@H]1C. The minimum absolute atomic E-state index is 0.0722. The molecule has 0 bridgehead atoms. The van der Waals surface area contributed by atoms with Gasteiger partial charge in [-0.05, 0) is 63.5 Å². The number of halogens is 2. The molecule has 1 spiro atoms. The number of carbonyl (C=O) groups excluding carboxylic acids is 1. The van der Waals surface area contributed by atoms with Crippen molar-refractivity contribution in [2.24, 2.45) is 5.41 Å². The minimum atomic E-state index is -0.623. The first-order chi connectivity index (χ1) is 20.1. The first kappa shape index (κ1) is 27.6. The Morgan fingerprint density at radius 1 is 1.12 bits per heavy atom.